The van der Waals surface area contributed by atoms with Gasteiger partial charge in [-0.25, -0.2) is 0 Å². The number of amides is 1. The van der Waals surface area contributed by atoms with Gasteiger partial charge >= 0.3 is 0 Å². The summed E-state index contributed by atoms with van der Waals surface area (Å²) in [6, 6.07) is 9.61. The highest BCUT2D eigenvalue weighted by molar-refractivity contribution is 9.10. The molecule has 0 unspecified atom stereocenters. The molecule has 0 aliphatic rings. The summed E-state index contributed by atoms with van der Waals surface area (Å²) in [5.41, 5.74) is 5.44. The molecule has 2 rings (SSSR count). The SMILES string of the molecule is Cc1cc(NN)c(C(=O)N(C)Cc2ccc(Br)cc2)cn1. The highest BCUT2D eigenvalue weighted by atomic mass is 79.9. The molecule has 0 aliphatic heterocycles. The molecule has 21 heavy (non-hydrogen) atoms. The Balaban J connectivity index is 2.17. The predicted octanol–water partition coefficient (Wildman–Crippen LogP) is 2.71. The Morgan fingerprint density at radius 3 is 2.67 bits per heavy atom. The Hall–Kier alpha value is -1.92. The zero-order chi connectivity index (χ0) is 15.4. The number of halogens is 1. The number of aryl methyl sites for hydroxylation is 1. The van der Waals surface area contributed by atoms with Crippen LogP contribution < -0.4 is 11.3 Å². The highest BCUT2D eigenvalue weighted by Crippen LogP contribution is 2.18. The van der Waals surface area contributed by atoms with Crippen molar-refractivity contribution in [1.82, 2.24) is 9.88 Å². The second kappa shape index (κ2) is 6.69. The molecule has 0 aliphatic carbocycles. The van der Waals surface area contributed by atoms with Crippen molar-refractivity contribution in [3.05, 3.63) is 57.8 Å². The molecule has 3 N–H and O–H groups in total. The number of carbonyl (C=O) groups excluding carboxylic acids is 1. The number of nitrogens with zero attached hydrogens (tertiary/aromatic N) is 2. The lowest BCUT2D eigenvalue weighted by molar-refractivity contribution is 0.0785. The van der Waals surface area contributed by atoms with Crippen molar-refractivity contribution >= 4 is 27.5 Å². The fourth-order valence-corrected chi connectivity index (χ4v) is 2.26. The van der Waals surface area contributed by atoms with E-state index in [0.29, 0.717) is 17.8 Å². The van der Waals surface area contributed by atoms with E-state index in [1.807, 2.05) is 31.2 Å². The molecule has 1 aromatic heterocycles. The lowest BCUT2D eigenvalue weighted by Crippen LogP contribution is -2.27. The summed E-state index contributed by atoms with van der Waals surface area (Å²) >= 11 is 3.39. The van der Waals surface area contributed by atoms with Crippen LogP contribution >= 0.6 is 15.9 Å². The van der Waals surface area contributed by atoms with Gasteiger partial charge in [0, 0.05) is 30.0 Å². The van der Waals surface area contributed by atoms with Crippen LogP contribution in [-0.4, -0.2) is 22.8 Å². The van der Waals surface area contributed by atoms with Gasteiger partial charge in [-0.15, -0.1) is 0 Å². The summed E-state index contributed by atoms with van der Waals surface area (Å²) in [6.45, 7) is 2.37. The van der Waals surface area contributed by atoms with Gasteiger partial charge in [-0.1, -0.05) is 28.1 Å². The largest absolute Gasteiger partial charge is 0.337 e. The average Bonchev–Trinajstić information content (AvgIpc) is 2.48. The summed E-state index contributed by atoms with van der Waals surface area (Å²) in [6.07, 6.45) is 1.55. The van der Waals surface area contributed by atoms with Gasteiger partial charge in [-0.05, 0) is 30.7 Å². The zero-order valence-corrected chi connectivity index (χ0v) is 13.5. The number of carbonyl (C=O) groups is 1. The molecule has 2 aromatic rings. The molecular weight excluding hydrogens is 332 g/mol. The second-order valence-corrected chi connectivity index (χ2v) is 5.72. The first-order valence-corrected chi connectivity index (χ1v) is 7.23. The van der Waals surface area contributed by atoms with E-state index in [4.69, 9.17) is 5.84 Å². The summed E-state index contributed by atoms with van der Waals surface area (Å²) in [5.74, 6) is 5.35. The van der Waals surface area contributed by atoms with E-state index in [-0.39, 0.29) is 5.91 Å². The molecule has 0 saturated heterocycles. The first-order valence-electron chi connectivity index (χ1n) is 6.44. The fourth-order valence-electron chi connectivity index (χ4n) is 1.99. The molecule has 0 atom stereocenters. The van der Waals surface area contributed by atoms with E-state index in [9.17, 15) is 4.79 Å². The Labute approximate surface area is 132 Å². The molecule has 0 bridgehead atoms. The van der Waals surface area contributed by atoms with Crippen LogP contribution in [0.1, 0.15) is 21.6 Å². The number of hydrogen-bond donors (Lipinski definition) is 2. The number of pyridine rings is 1. The standard InChI is InChI=1S/C15H17BrN4O/c1-10-7-14(19-17)13(8-18-10)15(21)20(2)9-11-3-5-12(16)6-4-11/h3-8H,9,17H2,1-2H3,(H,18,19). The van der Waals surface area contributed by atoms with E-state index >= 15 is 0 Å². The van der Waals surface area contributed by atoms with Gasteiger partial charge in [0.1, 0.15) is 0 Å². The van der Waals surface area contributed by atoms with Gasteiger partial charge in [0.05, 0.1) is 11.3 Å². The lowest BCUT2D eigenvalue weighted by Gasteiger charge is -2.19. The third kappa shape index (κ3) is 3.80. The monoisotopic (exact) mass is 348 g/mol. The molecule has 0 radical (unpaired) electrons. The third-order valence-electron chi connectivity index (χ3n) is 3.11. The number of nitrogens with two attached hydrogens (primary N) is 1. The first kappa shape index (κ1) is 15.5. The Morgan fingerprint density at radius 1 is 1.38 bits per heavy atom. The quantitative estimate of drug-likeness (QED) is 0.658. The number of anilines is 1. The third-order valence-corrected chi connectivity index (χ3v) is 3.63. The predicted molar refractivity (Wildman–Crippen MR) is 86.7 cm³/mol. The van der Waals surface area contributed by atoms with E-state index in [2.05, 4.69) is 26.3 Å². The number of benzene rings is 1. The van der Waals surface area contributed by atoms with Crippen molar-refractivity contribution in [2.75, 3.05) is 12.5 Å². The first-order chi connectivity index (χ1) is 10.0. The maximum Gasteiger partial charge on any atom is 0.257 e. The maximum absolute atomic E-state index is 12.5. The normalized spacial score (nSPS) is 10.3. The van der Waals surface area contributed by atoms with Gasteiger partial charge in [-0.3, -0.25) is 15.6 Å². The average molecular weight is 349 g/mol. The van der Waals surface area contributed by atoms with Crippen LogP contribution in [0.3, 0.4) is 0 Å². The number of aromatic nitrogens is 1. The Morgan fingerprint density at radius 2 is 2.05 bits per heavy atom. The van der Waals surface area contributed by atoms with E-state index in [0.717, 1.165) is 15.7 Å². The molecule has 1 heterocycles. The Bertz CT molecular complexity index is 643. The minimum absolute atomic E-state index is 0.127. The van der Waals surface area contributed by atoms with Crippen molar-refractivity contribution in [2.24, 2.45) is 5.84 Å². The van der Waals surface area contributed by atoms with Gasteiger partial charge < -0.3 is 10.3 Å². The van der Waals surface area contributed by atoms with Gasteiger partial charge in [0.25, 0.3) is 5.91 Å². The van der Waals surface area contributed by atoms with Crippen LogP contribution in [0.25, 0.3) is 0 Å². The van der Waals surface area contributed by atoms with Crippen LogP contribution in [0.4, 0.5) is 5.69 Å². The van der Waals surface area contributed by atoms with Crippen LogP contribution in [0.2, 0.25) is 0 Å². The summed E-state index contributed by atoms with van der Waals surface area (Å²) < 4.78 is 1.01. The van der Waals surface area contributed by atoms with Gasteiger partial charge in [0.15, 0.2) is 0 Å². The summed E-state index contributed by atoms with van der Waals surface area (Å²) in [7, 11) is 1.75. The van der Waals surface area contributed by atoms with Crippen molar-refractivity contribution in [1.29, 1.82) is 0 Å². The number of nitrogen functional groups attached to an aromatic ring is 1. The van der Waals surface area contributed by atoms with Crippen LogP contribution in [0, 0.1) is 6.92 Å². The van der Waals surface area contributed by atoms with Crippen molar-refractivity contribution in [3.8, 4) is 0 Å². The van der Waals surface area contributed by atoms with Crippen LogP contribution in [0.5, 0.6) is 0 Å². The smallest absolute Gasteiger partial charge is 0.257 e. The molecule has 0 spiro atoms. The van der Waals surface area contributed by atoms with E-state index in [1.54, 1.807) is 24.2 Å². The maximum atomic E-state index is 12.5. The zero-order valence-electron chi connectivity index (χ0n) is 11.9. The number of nitrogens with one attached hydrogen (secondary N) is 1. The number of rotatable bonds is 4. The van der Waals surface area contributed by atoms with Crippen molar-refractivity contribution in [3.63, 3.8) is 0 Å². The molecule has 110 valence electrons. The van der Waals surface area contributed by atoms with Crippen molar-refractivity contribution < 1.29 is 4.79 Å². The minimum Gasteiger partial charge on any atom is -0.337 e. The fraction of sp³-hybridized carbons (Fsp3) is 0.200. The van der Waals surface area contributed by atoms with Crippen LogP contribution in [0.15, 0.2) is 41.0 Å². The number of hydrazine groups is 1. The molecule has 0 fully saturated rings. The topological polar surface area (TPSA) is 71.2 Å². The Kier molecular flexibility index (Phi) is 4.93. The molecule has 6 heteroatoms. The van der Waals surface area contributed by atoms with Gasteiger partial charge in [-0.2, -0.15) is 0 Å². The van der Waals surface area contributed by atoms with E-state index < -0.39 is 0 Å². The summed E-state index contributed by atoms with van der Waals surface area (Å²) in [5, 5.41) is 0. The molecular formula is C15H17BrN4O. The molecule has 1 aromatic carbocycles. The van der Waals surface area contributed by atoms with Crippen molar-refractivity contribution in [2.45, 2.75) is 13.5 Å². The van der Waals surface area contributed by atoms with E-state index in [1.165, 1.54) is 0 Å². The van der Waals surface area contributed by atoms with Gasteiger partial charge in [0.2, 0.25) is 0 Å². The number of hydrogen-bond acceptors (Lipinski definition) is 4. The molecule has 1 amide bonds. The van der Waals surface area contributed by atoms with Crippen LogP contribution in [-0.2, 0) is 6.54 Å². The molecule has 0 saturated carbocycles. The molecule has 5 nitrogen and oxygen atoms in total. The summed E-state index contributed by atoms with van der Waals surface area (Å²) in [4.78, 5) is 18.3. The second-order valence-electron chi connectivity index (χ2n) is 4.80. The minimum atomic E-state index is -0.127. The highest BCUT2D eigenvalue weighted by Gasteiger charge is 2.16. The lowest BCUT2D eigenvalue weighted by atomic mass is 10.1.